The van der Waals surface area contributed by atoms with Crippen molar-refractivity contribution in [3.8, 4) is 0 Å². The lowest BCUT2D eigenvalue weighted by Gasteiger charge is -2.26. The molecule has 0 bridgehead atoms. The first-order valence-corrected chi connectivity index (χ1v) is 12.4. The highest BCUT2D eigenvalue weighted by Gasteiger charge is 2.38. The smallest absolute Gasteiger partial charge is 0.243 e. The van der Waals surface area contributed by atoms with Crippen LogP contribution in [-0.2, 0) is 32.6 Å². The highest BCUT2D eigenvalue weighted by Crippen LogP contribution is 2.35. The lowest BCUT2D eigenvalue weighted by Crippen LogP contribution is -2.47. The van der Waals surface area contributed by atoms with E-state index in [-0.39, 0.29) is 16.7 Å². The van der Waals surface area contributed by atoms with Crippen LogP contribution in [0.3, 0.4) is 0 Å². The Kier molecular flexibility index (Phi) is 5.95. The van der Waals surface area contributed by atoms with Crippen molar-refractivity contribution in [3.63, 3.8) is 0 Å². The highest BCUT2D eigenvalue weighted by atomic mass is 32.2. The molecule has 1 N–H and O–H groups in total. The monoisotopic (exact) mass is 447 g/mol. The molecule has 160 valence electrons. The lowest BCUT2D eigenvalue weighted by molar-refractivity contribution is -0.125. The number of nitrogens with one attached hydrogen (secondary N) is 1. The number of rotatable bonds is 5. The molecule has 4 rings (SSSR count). The van der Waals surface area contributed by atoms with Crippen LogP contribution in [0.15, 0.2) is 40.6 Å². The van der Waals surface area contributed by atoms with Crippen LogP contribution in [0.2, 0.25) is 0 Å². The van der Waals surface area contributed by atoms with Gasteiger partial charge in [-0.25, -0.2) is 8.42 Å². The van der Waals surface area contributed by atoms with E-state index in [1.165, 1.54) is 16.1 Å². The average molecular weight is 448 g/mol. The van der Waals surface area contributed by atoms with E-state index in [2.05, 4.69) is 5.32 Å². The van der Waals surface area contributed by atoms with Gasteiger partial charge in [-0.2, -0.15) is 4.31 Å². The van der Waals surface area contributed by atoms with Gasteiger partial charge >= 0.3 is 0 Å². The van der Waals surface area contributed by atoms with Crippen LogP contribution in [0.5, 0.6) is 0 Å². The summed E-state index contributed by atoms with van der Waals surface area (Å²) in [7, 11) is -3.57. The van der Waals surface area contributed by atoms with E-state index in [1.807, 2.05) is 17.5 Å². The fourth-order valence-corrected chi connectivity index (χ4v) is 6.36. The maximum absolute atomic E-state index is 13.0. The average Bonchev–Trinajstić information content (AvgIpc) is 3.39. The normalized spacial score (nSPS) is 19.5. The molecule has 0 saturated carbocycles. The third kappa shape index (κ3) is 4.01. The number of nitrogens with zero attached hydrogens (tertiary/aromatic N) is 2. The molecule has 1 saturated heterocycles. The summed E-state index contributed by atoms with van der Waals surface area (Å²) >= 11 is 1.55. The van der Waals surface area contributed by atoms with E-state index in [0.717, 1.165) is 24.1 Å². The Morgan fingerprint density at radius 3 is 2.60 bits per heavy atom. The molecule has 30 heavy (non-hydrogen) atoms. The van der Waals surface area contributed by atoms with Crippen LogP contribution < -0.4 is 10.2 Å². The van der Waals surface area contributed by atoms with Crippen molar-refractivity contribution in [1.82, 2.24) is 9.62 Å². The second-order valence-corrected chi connectivity index (χ2v) is 10.6. The molecule has 1 aromatic carbocycles. The van der Waals surface area contributed by atoms with Crippen LogP contribution >= 0.6 is 11.3 Å². The molecule has 9 heteroatoms. The summed E-state index contributed by atoms with van der Waals surface area (Å²) in [5, 5.41) is 4.84. The molecule has 1 aromatic heterocycles. The van der Waals surface area contributed by atoms with Gasteiger partial charge in [0, 0.05) is 37.0 Å². The Bertz CT molecular complexity index is 1040. The van der Waals surface area contributed by atoms with E-state index >= 15 is 0 Å². The number of carbonyl (C=O) groups excluding carboxylic acids is 2. The van der Waals surface area contributed by atoms with Gasteiger partial charge < -0.3 is 5.32 Å². The molecule has 7 nitrogen and oxygen atoms in total. The predicted octanol–water partition coefficient (Wildman–Crippen LogP) is 2.52. The molecule has 0 radical (unpaired) electrons. The molecule has 1 atom stereocenters. The highest BCUT2D eigenvalue weighted by molar-refractivity contribution is 7.89. The van der Waals surface area contributed by atoms with Gasteiger partial charge in [0.05, 0.1) is 11.4 Å². The number of piperidine rings is 1. The van der Waals surface area contributed by atoms with Crippen LogP contribution in [0.1, 0.15) is 36.6 Å². The number of anilines is 1. The Morgan fingerprint density at radius 1 is 1.17 bits per heavy atom. The van der Waals surface area contributed by atoms with Crippen LogP contribution in [-0.4, -0.2) is 43.7 Å². The van der Waals surface area contributed by atoms with Crippen LogP contribution in [0, 0.1) is 0 Å². The molecule has 0 aliphatic carbocycles. The van der Waals surface area contributed by atoms with Crippen LogP contribution in [0.4, 0.5) is 5.69 Å². The quantitative estimate of drug-likeness (QED) is 0.763. The van der Waals surface area contributed by atoms with Gasteiger partial charge in [0.1, 0.15) is 6.04 Å². The molecule has 2 aliphatic heterocycles. The summed E-state index contributed by atoms with van der Waals surface area (Å²) in [6.45, 7) is 2.90. The van der Waals surface area contributed by atoms with Gasteiger partial charge in [-0.1, -0.05) is 12.5 Å². The molecule has 1 unspecified atom stereocenters. The molecular formula is C21H25N3O4S2. The van der Waals surface area contributed by atoms with E-state index in [4.69, 9.17) is 0 Å². The Morgan fingerprint density at radius 2 is 1.93 bits per heavy atom. The van der Waals surface area contributed by atoms with Crippen molar-refractivity contribution in [2.75, 3.05) is 18.0 Å². The molecular weight excluding hydrogens is 422 g/mol. The first-order valence-electron chi connectivity index (χ1n) is 10.1. The summed E-state index contributed by atoms with van der Waals surface area (Å²) in [4.78, 5) is 27.9. The zero-order chi connectivity index (χ0) is 21.3. The van der Waals surface area contributed by atoms with E-state index < -0.39 is 16.1 Å². The third-order valence-corrected chi connectivity index (χ3v) is 8.42. The van der Waals surface area contributed by atoms with Crippen LogP contribution in [0.25, 0.3) is 0 Å². The minimum atomic E-state index is -3.57. The summed E-state index contributed by atoms with van der Waals surface area (Å²) < 4.78 is 27.6. The lowest BCUT2D eigenvalue weighted by atomic mass is 10.1. The Balaban J connectivity index is 1.57. The van der Waals surface area contributed by atoms with Gasteiger partial charge in [0.2, 0.25) is 21.8 Å². The van der Waals surface area contributed by atoms with E-state index in [0.29, 0.717) is 37.3 Å². The number of carbonyl (C=O) groups is 2. The number of hydrogen-bond donors (Lipinski definition) is 1. The second-order valence-electron chi connectivity index (χ2n) is 7.66. The Hall–Kier alpha value is -2.23. The Labute approximate surface area is 180 Å². The fourth-order valence-electron chi connectivity index (χ4n) is 4.15. The number of amides is 2. The molecule has 0 spiro atoms. The van der Waals surface area contributed by atoms with Crippen molar-refractivity contribution < 1.29 is 18.0 Å². The molecule has 2 aliphatic rings. The van der Waals surface area contributed by atoms with Gasteiger partial charge in [0.25, 0.3) is 0 Å². The number of hydrogen-bond acceptors (Lipinski definition) is 5. The number of thiophene rings is 1. The number of sulfonamides is 1. The van der Waals surface area contributed by atoms with Gasteiger partial charge in [-0.15, -0.1) is 11.3 Å². The maximum atomic E-state index is 13.0. The van der Waals surface area contributed by atoms with Gasteiger partial charge in [-0.05, 0) is 48.1 Å². The molecule has 2 aromatic rings. The first-order chi connectivity index (χ1) is 14.4. The predicted molar refractivity (Wildman–Crippen MR) is 116 cm³/mol. The van der Waals surface area contributed by atoms with Crippen molar-refractivity contribution in [2.24, 2.45) is 0 Å². The van der Waals surface area contributed by atoms with Gasteiger partial charge in [-0.3, -0.25) is 14.5 Å². The number of benzene rings is 1. The van der Waals surface area contributed by atoms with Crippen molar-refractivity contribution >= 4 is 38.9 Å². The fraction of sp³-hybridized carbons (Fsp3) is 0.429. The molecule has 3 heterocycles. The summed E-state index contributed by atoms with van der Waals surface area (Å²) in [6, 6.07) is 8.01. The second kappa shape index (κ2) is 8.49. The van der Waals surface area contributed by atoms with Gasteiger partial charge in [0.15, 0.2) is 0 Å². The van der Waals surface area contributed by atoms with Crippen molar-refractivity contribution in [1.29, 1.82) is 0 Å². The summed E-state index contributed by atoms with van der Waals surface area (Å²) in [5.41, 5.74) is 1.32. The third-order valence-electron chi connectivity index (χ3n) is 5.65. The molecule has 2 amide bonds. The van der Waals surface area contributed by atoms with Crippen molar-refractivity contribution in [3.05, 3.63) is 46.2 Å². The zero-order valence-electron chi connectivity index (χ0n) is 16.8. The standard InChI is InChI=1S/C21H25N3O4S2/c1-15(25)24-19-8-7-18(30(27,28)23-9-3-2-4-10-23)12-16(19)13-20(24)21(26)22-14-17-6-5-11-29-17/h5-8,11-12,20H,2-4,9-10,13-14H2,1H3,(H,22,26). The largest absolute Gasteiger partial charge is 0.349 e. The molecule has 1 fully saturated rings. The van der Waals surface area contributed by atoms with Crippen molar-refractivity contribution in [2.45, 2.75) is 50.1 Å². The van der Waals surface area contributed by atoms with E-state index in [9.17, 15) is 18.0 Å². The number of fused-ring (bicyclic) bond motifs is 1. The SMILES string of the molecule is CC(=O)N1c2ccc(S(=O)(=O)N3CCCCC3)cc2CC1C(=O)NCc1cccs1. The zero-order valence-corrected chi connectivity index (χ0v) is 18.5. The maximum Gasteiger partial charge on any atom is 0.243 e. The minimum Gasteiger partial charge on any atom is -0.349 e. The van der Waals surface area contributed by atoms with E-state index in [1.54, 1.807) is 29.5 Å². The minimum absolute atomic E-state index is 0.228. The summed E-state index contributed by atoms with van der Waals surface area (Å²) in [6.07, 6.45) is 3.09. The topological polar surface area (TPSA) is 86.8 Å². The summed E-state index contributed by atoms with van der Waals surface area (Å²) in [5.74, 6) is -0.480. The first kappa shape index (κ1) is 21.0.